The lowest BCUT2D eigenvalue weighted by molar-refractivity contribution is -0.122. The molecule has 1 heterocycles. The fourth-order valence-electron chi connectivity index (χ4n) is 6.48. The minimum atomic E-state index is -3.68. The number of carbonyl (C=O) groups is 2. The SMILES string of the molecule is CCCCc1nc2ccc(NCCCCCC(=O)NC3CCCCC3)cc2n1Cc1ccc(-c2ccccc2C(=O)NS(C)(=O)=O)cc1. The van der Waals surface area contributed by atoms with E-state index in [1.165, 1.54) is 19.3 Å². The zero-order valence-corrected chi connectivity index (χ0v) is 29.1. The van der Waals surface area contributed by atoms with Gasteiger partial charge in [0.1, 0.15) is 5.82 Å². The number of nitrogens with zero attached hydrogens (tertiary/aromatic N) is 2. The lowest BCUT2D eigenvalue weighted by atomic mass is 9.95. The predicted molar refractivity (Wildman–Crippen MR) is 194 cm³/mol. The summed E-state index contributed by atoms with van der Waals surface area (Å²) in [5.41, 5.74) is 6.00. The number of aryl methyl sites for hydroxylation is 1. The van der Waals surface area contributed by atoms with E-state index in [-0.39, 0.29) is 5.91 Å². The standard InChI is InChI=1S/C38H49N5O4S/c1-3-4-17-36-41-34-24-23-31(39-25-12-6-9-18-37(44)40-30-13-7-5-8-14-30)26-35(34)43(36)27-28-19-21-29(22-20-28)32-15-10-11-16-33(32)38(45)42-48(2,46)47/h10-11,15-16,19-24,26,30,39H,3-9,12-14,17-18,25,27H2,1-2H3,(H,40,44)(H,42,45). The lowest BCUT2D eigenvalue weighted by Crippen LogP contribution is -2.35. The second kappa shape index (κ2) is 16.8. The number of imidazole rings is 1. The molecule has 1 fully saturated rings. The molecule has 0 unspecified atom stereocenters. The topological polar surface area (TPSA) is 122 Å². The fourth-order valence-corrected chi connectivity index (χ4v) is 6.93. The number of sulfonamides is 1. The van der Waals surface area contributed by atoms with Crippen molar-refractivity contribution in [3.05, 3.63) is 83.7 Å². The Morgan fingerprint density at radius 2 is 1.69 bits per heavy atom. The van der Waals surface area contributed by atoms with Crippen LogP contribution in [0.3, 0.4) is 0 Å². The Kier molecular flexibility index (Phi) is 12.3. The number of nitrogens with one attached hydrogen (secondary N) is 3. The van der Waals surface area contributed by atoms with Crippen molar-refractivity contribution in [2.24, 2.45) is 0 Å². The van der Waals surface area contributed by atoms with Gasteiger partial charge < -0.3 is 15.2 Å². The number of hydrogen-bond acceptors (Lipinski definition) is 6. The van der Waals surface area contributed by atoms with Gasteiger partial charge in [-0.25, -0.2) is 18.1 Å². The van der Waals surface area contributed by atoms with Gasteiger partial charge in [0.15, 0.2) is 0 Å². The van der Waals surface area contributed by atoms with Crippen LogP contribution in [0.1, 0.15) is 99.3 Å². The smallest absolute Gasteiger partial charge is 0.265 e. The Hall–Kier alpha value is -4.18. The Bertz CT molecular complexity index is 1790. The molecule has 3 N–H and O–H groups in total. The first-order valence-electron chi connectivity index (χ1n) is 17.4. The van der Waals surface area contributed by atoms with E-state index in [9.17, 15) is 18.0 Å². The van der Waals surface area contributed by atoms with Crippen LogP contribution in [0, 0.1) is 0 Å². The van der Waals surface area contributed by atoms with Gasteiger partial charge in [-0.1, -0.05) is 81.5 Å². The molecule has 2 amide bonds. The molecular formula is C38H49N5O4S. The first-order valence-corrected chi connectivity index (χ1v) is 19.3. The molecule has 5 rings (SSSR count). The third-order valence-electron chi connectivity index (χ3n) is 9.02. The predicted octanol–water partition coefficient (Wildman–Crippen LogP) is 7.20. The third kappa shape index (κ3) is 9.92. The van der Waals surface area contributed by atoms with Gasteiger partial charge in [0.05, 0.1) is 17.3 Å². The minimum Gasteiger partial charge on any atom is -0.385 e. The first-order chi connectivity index (χ1) is 23.2. The molecule has 48 heavy (non-hydrogen) atoms. The highest BCUT2D eigenvalue weighted by atomic mass is 32.2. The summed E-state index contributed by atoms with van der Waals surface area (Å²) in [5.74, 6) is 0.607. The highest BCUT2D eigenvalue weighted by molar-refractivity contribution is 7.89. The van der Waals surface area contributed by atoms with Crippen molar-refractivity contribution < 1.29 is 18.0 Å². The van der Waals surface area contributed by atoms with Gasteiger partial charge >= 0.3 is 0 Å². The van der Waals surface area contributed by atoms with Gasteiger partial charge in [0.2, 0.25) is 15.9 Å². The van der Waals surface area contributed by atoms with Gasteiger partial charge in [-0.15, -0.1) is 0 Å². The third-order valence-corrected chi connectivity index (χ3v) is 9.57. The highest BCUT2D eigenvalue weighted by Gasteiger charge is 2.17. The molecule has 0 radical (unpaired) electrons. The van der Waals surface area contributed by atoms with Crippen LogP contribution in [0.2, 0.25) is 0 Å². The summed E-state index contributed by atoms with van der Waals surface area (Å²) in [6, 6.07) is 21.8. The molecule has 0 bridgehead atoms. The number of hydrogen-bond donors (Lipinski definition) is 3. The monoisotopic (exact) mass is 671 g/mol. The summed E-state index contributed by atoms with van der Waals surface area (Å²) < 4.78 is 27.7. The van der Waals surface area contributed by atoms with E-state index in [1.54, 1.807) is 12.1 Å². The van der Waals surface area contributed by atoms with E-state index in [2.05, 4.69) is 45.0 Å². The van der Waals surface area contributed by atoms with Crippen molar-refractivity contribution in [3.63, 3.8) is 0 Å². The van der Waals surface area contributed by atoms with Crippen LogP contribution in [0.15, 0.2) is 66.7 Å². The largest absolute Gasteiger partial charge is 0.385 e. The van der Waals surface area contributed by atoms with E-state index >= 15 is 0 Å². The molecular weight excluding hydrogens is 623 g/mol. The van der Waals surface area contributed by atoms with E-state index in [0.29, 0.717) is 30.1 Å². The van der Waals surface area contributed by atoms with Gasteiger partial charge in [-0.3, -0.25) is 9.59 Å². The molecule has 3 aromatic carbocycles. The Morgan fingerprint density at radius 3 is 2.44 bits per heavy atom. The molecule has 1 aliphatic rings. The quantitative estimate of drug-likeness (QED) is 0.108. The van der Waals surface area contributed by atoms with Gasteiger partial charge in [0.25, 0.3) is 5.91 Å². The molecule has 0 aliphatic heterocycles. The number of unbranched alkanes of at least 4 members (excludes halogenated alkanes) is 3. The van der Waals surface area contributed by atoms with Crippen LogP contribution in [0.25, 0.3) is 22.2 Å². The van der Waals surface area contributed by atoms with Crippen LogP contribution in [-0.4, -0.2) is 48.6 Å². The molecule has 0 saturated heterocycles. The minimum absolute atomic E-state index is 0.198. The van der Waals surface area contributed by atoms with Gasteiger partial charge in [-0.05, 0) is 73.1 Å². The van der Waals surface area contributed by atoms with Crippen molar-refractivity contribution >= 4 is 38.6 Å². The van der Waals surface area contributed by atoms with Crippen LogP contribution >= 0.6 is 0 Å². The van der Waals surface area contributed by atoms with Crippen LogP contribution in [0.4, 0.5) is 5.69 Å². The molecule has 4 aromatic rings. The number of rotatable bonds is 16. The number of fused-ring (bicyclic) bond motifs is 1. The molecule has 9 nitrogen and oxygen atoms in total. The summed E-state index contributed by atoms with van der Waals surface area (Å²) in [7, 11) is -3.68. The van der Waals surface area contributed by atoms with E-state index in [1.807, 2.05) is 36.4 Å². The Balaban J connectivity index is 1.22. The van der Waals surface area contributed by atoms with Crippen molar-refractivity contribution in [2.45, 2.75) is 96.6 Å². The molecule has 256 valence electrons. The Labute approximate surface area is 285 Å². The maximum Gasteiger partial charge on any atom is 0.265 e. The molecule has 1 aromatic heterocycles. The van der Waals surface area contributed by atoms with E-state index < -0.39 is 15.9 Å². The molecule has 0 atom stereocenters. The average molecular weight is 672 g/mol. The summed E-state index contributed by atoms with van der Waals surface area (Å²) >= 11 is 0. The number of aromatic nitrogens is 2. The lowest BCUT2D eigenvalue weighted by Gasteiger charge is -2.22. The molecule has 0 spiro atoms. The van der Waals surface area contributed by atoms with Crippen molar-refractivity contribution in [3.8, 4) is 11.1 Å². The zero-order valence-electron chi connectivity index (χ0n) is 28.3. The van der Waals surface area contributed by atoms with Crippen LogP contribution in [0.5, 0.6) is 0 Å². The van der Waals surface area contributed by atoms with E-state index in [4.69, 9.17) is 4.98 Å². The maximum absolute atomic E-state index is 12.7. The van der Waals surface area contributed by atoms with Crippen LogP contribution in [-0.2, 0) is 27.8 Å². The molecule has 1 aliphatic carbocycles. The average Bonchev–Trinajstić information content (AvgIpc) is 3.41. The number of benzene rings is 3. The molecule has 1 saturated carbocycles. The summed E-state index contributed by atoms with van der Waals surface area (Å²) in [4.78, 5) is 30.0. The highest BCUT2D eigenvalue weighted by Crippen LogP contribution is 2.27. The summed E-state index contributed by atoms with van der Waals surface area (Å²) in [5, 5.41) is 6.79. The normalized spacial score (nSPS) is 13.8. The number of carbonyl (C=O) groups excluding carboxylic acids is 2. The first kappa shape index (κ1) is 35.1. The maximum atomic E-state index is 12.7. The van der Waals surface area contributed by atoms with Crippen molar-refractivity contribution in [1.29, 1.82) is 0 Å². The number of anilines is 1. The summed E-state index contributed by atoms with van der Waals surface area (Å²) in [6.07, 6.45) is 13.5. The van der Waals surface area contributed by atoms with Crippen LogP contribution < -0.4 is 15.4 Å². The van der Waals surface area contributed by atoms with Crippen molar-refractivity contribution in [1.82, 2.24) is 19.6 Å². The van der Waals surface area contributed by atoms with Crippen molar-refractivity contribution in [2.75, 3.05) is 18.1 Å². The van der Waals surface area contributed by atoms with Gasteiger partial charge in [-0.2, -0.15) is 0 Å². The Morgan fingerprint density at radius 1 is 0.917 bits per heavy atom. The fraction of sp³-hybridized carbons (Fsp3) is 0.447. The number of amides is 2. The second-order valence-electron chi connectivity index (χ2n) is 13.0. The zero-order chi connectivity index (χ0) is 33.9. The second-order valence-corrected chi connectivity index (χ2v) is 14.8. The van der Waals surface area contributed by atoms with Gasteiger partial charge in [0, 0.05) is 43.2 Å². The van der Waals surface area contributed by atoms with E-state index in [0.717, 1.165) is 97.8 Å². The summed E-state index contributed by atoms with van der Waals surface area (Å²) in [6.45, 7) is 3.68. The molecule has 10 heteroatoms.